The first kappa shape index (κ1) is 14.9. The van der Waals surface area contributed by atoms with Crippen molar-refractivity contribution < 1.29 is 5.11 Å². The molecule has 2 unspecified atom stereocenters. The van der Waals surface area contributed by atoms with Crippen molar-refractivity contribution in [1.82, 2.24) is 4.90 Å². The van der Waals surface area contributed by atoms with Crippen LogP contribution in [0.4, 0.5) is 0 Å². The van der Waals surface area contributed by atoms with Crippen LogP contribution in [0.15, 0.2) is 0 Å². The molecule has 17 heavy (non-hydrogen) atoms. The first-order chi connectivity index (χ1) is 8.01. The molecule has 1 aliphatic rings. The second-order valence-electron chi connectivity index (χ2n) is 5.97. The average Bonchev–Trinajstić information content (AvgIpc) is 2.66. The molecule has 3 nitrogen and oxygen atoms in total. The van der Waals surface area contributed by atoms with E-state index in [9.17, 15) is 5.11 Å². The number of hydrogen-bond acceptors (Lipinski definition) is 3. The first-order valence-electron chi connectivity index (χ1n) is 7.16. The third-order valence-electron chi connectivity index (χ3n) is 4.14. The van der Waals surface area contributed by atoms with Crippen molar-refractivity contribution in [1.29, 1.82) is 0 Å². The maximum absolute atomic E-state index is 10.4. The van der Waals surface area contributed by atoms with Crippen LogP contribution in [0.1, 0.15) is 46.5 Å². The molecule has 2 atom stereocenters. The van der Waals surface area contributed by atoms with E-state index in [1.807, 2.05) is 0 Å². The summed E-state index contributed by atoms with van der Waals surface area (Å²) in [6.45, 7) is 10.5. The van der Waals surface area contributed by atoms with Crippen LogP contribution in [0.3, 0.4) is 0 Å². The Kier molecular flexibility index (Phi) is 5.90. The summed E-state index contributed by atoms with van der Waals surface area (Å²) >= 11 is 0. The summed E-state index contributed by atoms with van der Waals surface area (Å²) in [5, 5.41) is 10.4. The highest BCUT2D eigenvalue weighted by Gasteiger charge is 2.39. The lowest BCUT2D eigenvalue weighted by Gasteiger charge is -2.31. The maximum Gasteiger partial charge on any atom is 0.0797 e. The molecule has 3 N–H and O–H groups in total. The number of rotatable bonds is 7. The van der Waals surface area contributed by atoms with Gasteiger partial charge in [-0.2, -0.15) is 0 Å². The van der Waals surface area contributed by atoms with Gasteiger partial charge in [0.1, 0.15) is 0 Å². The Labute approximate surface area is 106 Å². The Morgan fingerprint density at radius 1 is 1.47 bits per heavy atom. The highest BCUT2D eigenvalue weighted by Crippen LogP contribution is 2.37. The lowest BCUT2D eigenvalue weighted by Crippen LogP contribution is -2.42. The molecule has 0 aromatic rings. The molecule has 3 heteroatoms. The normalized spacial score (nSPS) is 29.5. The molecule has 0 radical (unpaired) electrons. The van der Waals surface area contributed by atoms with E-state index < -0.39 is 5.60 Å². The van der Waals surface area contributed by atoms with Gasteiger partial charge in [0, 0.05) is 13.1 Å². The standard InChI is InChI=1S/C14H30N2O/c1-4-16(10-12(2)3)9-7-13-6-5-8-14(13,17)11-15/h12-13,17H,4-11,15H2,1-3H3. The number of aliphatic hydroxyl groups is 1. The molecule has 1 saturated carbocycles. The van der Waals surface area contributed by atoms with Gasteiger partial charge in [0.2, 0.25) is 0 Å². The second kappa shape index (κ2) is 6.72. The fourth-order valence-electron chi connectivity index (χ4n) is 3.04. The van der Waals surface area contributed by atoms with Crippen molar-refractivity contribution in [3.8, 4) is 0 Å². The van der Waals surface area contributed by atoms with Crippen molar-refractivity contribution >= 4 is 0 Å². The van der Waals surface area contributed by atoms with Gasteiger partial charge in [-0.25, -0.2) is 0 Å². The quantitative estimate of drug-likeness (QED) is 0.716. The Morgan fingerprint density at radius 2 is 2.18 bits per heavy atom. The van der Waals surface area contributed by atoms with Gasteiger partial charge < -0.3 is 15.7 Å². The maximum atomic E-state index is 10.4. The Hall–Kier alpha value is -0.120. The van der Waals surface area contributed by atoms with E-state index in [1.165, 1.54) is 0 Å². The highest BCUT2D eigenvalue weighted by molar-refractivity contribution is 4.93. The predicted molar refractivity (Wildman–Crippen MR) is 72.9 cm³/mol. The van der Waals surface area contributed by atoms with Gasteiger partial charge in [0.15, 0.2) is 0 Å². The summed E-state index contributed by atoms with van der Waals surface area (Å²) in [4.78, 5) is 2.49. The van der Waals surface area contributed by atoms with E-state index in [0.717, 1.165) is 45.3 Å². The van der Waals surface area contributed by atoms with E-state index in [0.29, 0.717) is 18.4 Å². The predicted octanol–water partition coefficient (Wildman–Crippen LogP) is 1.84. The Bertz CT molecular complexity index is 220. The topological polar surface area (TPSA) is 49.5 Å². The molecule has 102 valence electrons. The number of nitrogens with two attached hydrogens (primary N) is 1. The number of nitrogens with zero attached hydrogens (tertiary/aromatic N) is 1. The molecule has 0 heterocycles. The molecule has 0 bridgehead atoms. The van der Waals surface area contributed by atoms with Crippen molar-refractivity contribution in [2.45, 2.75) is 52.1 Å². The van der Waals surface area contributed by atoms with Gasteiger partial charge >= 0.3 is 0 Å². The fourth-order valence-corrected chi connectivity index (χ4v) is 3.04. The highest BCUT2D eigenvalue weighted by atomic mass is 16.3. The molecule has 1 aliphatic carbocycles. The lowest BCUT2D eigenvalue weighted by atomic mass is 9.88. The van der Waals surface area contributed by atoms with E-state index in [4.69, 9.17) is 5.73 Å². The molecule has 1 fully saturated rings. The van der Waals surface area contributed by atoms with Gasteiger partial charge in [-0.3, -0.25) is 0 Å². The molecule has 1 rings (SSSR count). The van der Waals surface area contributed by atoms with E-state index >= 15 is 0 Å². The van der Waals surface area contributed by atoms with Crippen LogP contribution in [0.5, 0.6) is 0 Å². The zero-order chi connectivity index (χ0) is 12.9. The smallest absolute Gasteiger partial charge is 0.0797 e. The molecule has 0 aromatic carbocycles. The number of hydrogen-bond donors (Lipinski definition) is 2. The molecular weight excluding hydrogens is 212 g/mol. The molecule has 0 spiro atoms. The third kappa shape index (κ3) is 4.23. The summed E-state index contributed by atoms with van der Waals surface area (Å²) in [6, 6.07) is 0. The molecule has 0 saturated heterocycles. The molecule has 0 amide bonds. The lowest BCUT2D eigenvalue weighted by molar-refractivity contribution is 0.00440. The fraction of sp³-hybridized carbons (Fsp3) is 1.00. The van der Waals surface area contributed by atoms with E-state index in [1.54, 1.807) is 0 Å². The SMILES string of the molecule is CCN(CCC1CCCC1(O)CN)CC(C)C. The molecule has 0 aromatic heterocycles. The van der Waals surface area contributed by atoms with Crippen molar-refractivity contribution in [3.05, 3.63) is 0 Å². The Morgan fingerprint density at radius 3 is 2.71 bits per heavy atom. The summed E-state index contributed by atoms with van der Waals surface area (Å²) < 4.78 is 0. The van der Waals surface area contributed by atoms with E-state index in [2.05, 4.69) is 25.7 Å². The van der Waals surface area contributed by atoms with Crippen LogP contribution < -0.4 is 5.73 Å². The van der Waals surface area contributed by atoms with Gasteiger partial charge in [0.25, 0.3) is 0 Å². The summed E-state index contributed by atoms with van der Waals surface area (Å²) in [6.07, 6.45) is 4.26. The van der Waals surface area contributed by atoms with Gasteiger partial charge in [-0.1, -0.05) is 27.2 Å². The van der Waals surface area contributed by atoms with Gasteiger partial charge in [0.05, 0.1) is 5.60 Å². The zero-order valence-corrected chi connectivity index (χ0v) is 11.8. The molecular formula is C14H30N2O. The first-order valence-corrected chi connectivity index (χ1v) is 7.16. The minimum absolute atomic E-state index is 0.411. The minimum atomic E-state index is -0.572. The van der Waals surface area contributed by atoms with Crippen LogP contribution in [-0.4, -0.2) is 41.8 Å². The summed E-state index contributed by atoms with van der Waals surface area (Å²) in [5.41, 5.74) is 5.14. The van der Waals surface area contributed by atoms with Crippen molar-refractivity contribution in [2.75, 3.05) is 26.2 Å². The van der Waals surface area contributed by atoms with Crippen LogP contribution in [0.2, 0.25) is 0 Å². The van der Waals surface area contributed by atoms with Crippen LogP contribution in [0, 0.1) is 11.8 Å². The summed E-state index contributed by atoms with van der Waals surface area (Å²) in [7, 11) is 0. The molecule has 0 aliphatic heterocycles. The second-order valence-corrected chi connectivity index (χ2v) is 5.97. The monoisotopic (exact) mass is 242 g/mol. The van der Waals surface area contributed by atoms with Crippen LogP contribution >= 0.6 is 0 Å². The third-order valence-corrected chi connectivity index (χ3v) is 4.14. The van der Waals surface area contributed by atoms with Gasteiger partial charge in [-0.05, 0) is 44.2 Å². The van der Waals surface area contributed by atoms with E-state index in [-0.39, 0.29) is 0 Å². The van der Waals surface area contributed by atoms with Crippen molar-refractivity contribution in [2.24, 2.45) is 17.6 Å². The van der Waals surface area contributed by atoms with Crippen LogP contribution in [0.25, 0.3) is 0 Å². The Balaban J connectivity index is 2.38. The zero-order valence-electron chi connectivity index (χ0n) is 11.8. The van der Waals surface area contributed by atoms with Crippen molar-refractivity contribution in [3.63, 3.8) is 0 Å². The largest absolute Gasteiger partial charge is 0.388 e. The minimum Gasteiger partial charge on any atom is -0.388 e. The van der Waals surface area contributed by atoms with Gasteiger partial charge in [-0.15, -0.1) is 0 Å². The average molecular weight is 242 g/mol. The van der Waals surface area contributed by atoms with Crippen LogP contribution in [-0.2, 0) is 0 Å². The summed E-state index contributed by atoms with van der Waals surface area (Å²) in [5.74, 6) is 1.13.